The van der Waals surface area contributed by atoms with E-state index >= 15 is 0 Å². The van der Waals surface area contributed by atoms with Gasteiger partial charge in [-0.25, -0.2) is 0 Å². The molecule has 2 amide bonds. The summed E-state index contributed by atoms with van der Waals surface area (Å²) >= 11 is 0. The molecular weight excluding hydrogens is 340 g/mol. The number of carbonyl (C=O) groups excluding carboxylic acids is 2. The fourth-order valence-electron chi connectivity index (χ4n) is 2.89. The first-order chi connectivity index (χ1) is 11.5. The number of rotatable bonds is 6. The molecule has 25 heavy (non-hydrogen) atoms. The lowest BCUT2D eigenvalue weighted by atomic mass is 10.1. The third kappa shape index (κ3) is 5.99. The van der Waals surface area contributed by atoms with Crippen LogP contribution >= 0.6 is 12.4 Å². The smallest absolute Gasteiger partial charge is 0.253 e. The van der Waals surface area contributed by atoms with Gasteiger partial charge < -0.3 is 15.5 Å². The minimum atomic E-state index is -0.0217. The highest BCUT2D eigenvalue weighted by Crippen LogP contribution is 2.12. The number of benzene rings is 1. The Morgan fingerprint density at radius 3 is 2.44 bits per heavy atom. The van der Waals surface area contributed by atoms with Crippen molar-refractivity contribution < 1.29 is 9.59 Å². The highest BCUT2D eigenvalue weighted by molar-refractivity contribution is 5.96. The molecule has 1 saturated heterocycles. The van der Waals surface area contributed by atoms with Gasteiger partial charge in [-0.15, -0.1) is 12.4 Å². The lowest BCUT2D eigenvalue weighted by molar-refractivity contribution is -0.118. The number of halogens is 1. The van der Waals surface area contributed by atoms with Gasteiger partial charge in [-0.05, 0) is 45.0 Å². The zero-order valence-corrected chi connectivity index (χ0v) is 16.1. The van der Waals surface area contributed by atoms with Crippen LogP contribution in [0.5, 0.6) is 0 Å². The van der Waals surface area contributed by atoms with Gasteiger partial charge in [-0.2, -0.15) is 0 Å². The van der Waals surface area contributed by atoms with Gasteiger partial charge in [0, 0.05) is 50.0 Å². The zero-order chi connectivity index (χ0) is 17.5. The second-order valence-electron chi connectivity index (χ2n) is 6.13. The predicted octanol–water partition coefficient (Wildman–Crippen LogP) is 1.82. The standard InChI is InChI=1S/C18H28N4O2.ClH/c1-4-21(5-2)18(24)15-6-8-16(9-7-15)20-17(23)13-22-11-10-19-12-14(22)3;/h6-9,14,19H,4-5,10-13H2,1-3H3,(H,20,23);1H/t14-;/m0./s1. The van der Waals surface area contributed by atoms with Gasteiger partial charge in [0.1, 0.15) is 0 Å². The van der Waals surface area contributed by atoms with Crippen molar-refractivity contribution in [1.82, 2.24) is 15.1 Å². The maximum absolute atomic E-state index is 12.3. The van der Waals surface area contributed by atoms with Crippen molar-refractivity contribution in [3.05, 3.63) is 29.8 Å². The zero-order valence-electron chi connectivity index (χ0n) is 15.2. The number of amides is 2. The summed E-state index contributed by atoms with van der Waals surface area (Å²) in [6.07, 6.45) is 0. The van der Waals surface area contributed by atoms with Crippen molar-refractivity contribution >= 4 is 29.9 Å². The molecular formula is C18H29ClN4O2. The summed E-state index contributed by atoms with van der Waals surface area (Å²) in [5.74, 6) is -0.000845. The molecule has 0 radical (unpaired) electrons. The normalized spacial score (nSPS) is 17.5. The average Bonchev–Trinajstić information content (AvgIpc) is 2.58. The summed E-state index contributed by atoms with van der Waals surface area (Å²) in [5.41, 5.74) is 1.37. The van der Waals surface area contributed by atoms with E-state index in [1.165, 1.54) is 0 Å². The Hall–Kier alpha value is -1.63. The molecule has 0 unspecified atom stereocenters. The number of carbonyl (C=O) groups is 2. The van der Waals surface area contributed by atoms with Crippen LogP contribution in [0.4, 0.5) is 5.69 Å². The summed E-state index contributed by atoms with van der Waals surface area (Å²) in [7, 11) is 0. The molecule has 1 aromatic carbocycles. The molecule has 6 nitrogen and oxygen atoms in total. The molecule has 0 spiro atoms. The van der Waals surface area contributed by atoms with Crippen LogP contribution in [0.3, 0.4) is 0 Å². The van der Waals surface area contributed by atoms with Crippen molar-refractivity contribution in [2.75, 3.05) is 44.6 Å². The molecule has 0 aliphatic carbocycles. The fraction of sp³-hybridized carbons (Fsp3) is 0.556. The van der Waals surface area contributed by atoms with Crippen LogP contribution < -0.4 is 10.6 Å². The van der Waals surface area contributed by atoms with Gasteiger partial charge in [0.2, 0.25) is 5.91 Å². The van der Waals surface area contributed by atoms with Crippen molar-refractivity contribution in [1.29, 1.82) is 0 Å². The summed E-state index contributed by atoms with van der Waals surface area (Å²) < 4.78 is 0. The number of nitrogens with zero attached hydrogens (tertiary/aromatic N) is 2. The van der Waals surface area contributed by atoms with E-state index in [-0.39, 0.29) is 24.2 Å². The molecule has 1 heterocycles. The second kappa shape index (κ2) is 10.4. The molecule has 2 rings (SSSR count). The van der Waals surface area contributed by atoms with Crippen LogP contribution in [0.25, 0.3) is 0 Å². The van der Waals surface area contributed by atoms with Gasteiger partial charge in [-0.1, -0.05) is 0 Å². The molecule has 1 aliphatic heterocycles. The van der Waals surface area contributed by atoms with Gasteiger partial charge in [0.05, 0.1) is 6.54 Å². The largest absolute Gasteiger partial charge is 0.339 e. The molecule has 1 aliphatic rings. The maximum Gasteiger partial charge on any atom is 0.253 e. The summed E-state index contributed by atoms with van der Waals surface area (Å²) in [6, 6.07) is 7.47. The Kier molecular flexibility index (Phi) is 8.89. The number of anilines is 1. The Labute approximate surface area is 156 Å². The molecule has 7 heteroatoms. The topological polar surface area (TPSA) is 64.7 Å². The lowest BCUT2D eigenvalue weighted by Gasteiger charge is -2.33. The van der Waals surface area contributed by atoms with Gasteiger partial charge >= 0.3 is 0 Å². The van der Waals surface area contributed by atoms with Gasteiger partial charge in [0.25, 0.3) is 5.91 Å². The number of hydrogen-bond donors (Lipinski definition) is 2. The van der Waals surface area contributed by atoms with E-state index in [9.17, 15) is 9.59 Å². The monoisotopic (exact) mass is 368 g/mol. The summed E-state index contributed by atoms with van der Waals surface area (Å²) in [5, 5.41) is 6.22. The van der Waals surface area contributed by atoms with E-state index in [4.69, 9.17) is 0 Å². The molecule has 140 valence electrons. The van der Waals surface area contributed by atoms with Gasteiger partial charge in [0.15, 0.2) is 0 Å². The third-order valence-corrected chi connectivity index (χ3v) is 4.45. The third-order valence-electron chi connectivity index (χ3n) is 4.45. The quantitative estimate of drug-likeness (QED) is 0.804. The molecule has 2 N–H and O–H groups in total. The first kappa shape index (κ1) is 21.4. The molecule has 0 saturated carbocycles. The Morgan fingerprint density at radius 1 is 1.24 bits per heavy atom. The molecule has 0 aromatic heterocycles. The highest BCUT2D eigenvalue weighted by Gasteiger charge is 2.20. The van der Waals surface area contributed by atoms with Crippen molar-refractivity contribution in [2.24, 2.45) is 0 Å². The van der Waals surface area contributed by atoms with Crippen molar-refractivity contribution in [3.8, 4) is 0 Å². The van der Waals surface area contributed by atoms with E-state index in [0.29, 0.717) is 31.2 Å². The Balaban J connectivity index is 0.00000312. The number of hydrogen-bond acceptors (Lipinski definition) is 4. The van der Waals surface area contributed by atoms with E-state index < -0.39 is 0 Å². The number of piperazine rings is 1. The van der Waals surface area contributed by atoms with Crippen molar-refractivity contribution in [2.45, 2.75) is 26.8 Å². The number of nitrogens with one attached hydrogen (secondary N) is 2. The van der Waals surface area contributed by atoms with Crippen LogP contribution in [0.15, 0.2) is 24.3 Å². The van der Waals surface area contributed by atoms with E-state index in [1.54, 1.807) is 29.2 Å². The Morgan fingerprint density at radius 2 is 1.88 bits per heavy atom. The predicted molar refractivity (Wildman–Crippen MR) is 103 cm³/mol. The second-order valence-corrected chi connectivity index (χ2v) is 6.13. The molecule has 1 atom stereocenters. The van der Waals surface area contributed by atoms with E-state index in [1.807, 2.05) is 13.8 Å². The summed E-state index contributed by atoms with van der Waals surface area (Å²) in [6.45, 7) is 10.5. The van der Waals surface area contributed by atoms with Crippen LogP contribution in [0, 0.1) is 0 Å². The first-order valence-electron chi connectivity index (χ1n) is 8.69. The molecule has 1 aromatic rings. The molecule has 1 fully saturated rings. The van der Waals surface area contributed by atoms with Crippen LogP contribution in [-0.4, -0.2) is 66.9 Å². The fourth-order valence-corrected chi connectivity index (χ4v) is 2.89. The molecule has 0 bridgehead atoms. The van der Waals surface area contributed by atoms with Crippen LogP contribution in [0.2, 0.25) is 0 Å². The highest BCUT2D eigenvalue weighted by atomic mass is 35.5. The minimum absolute atomic E-state index is 0. The van der Waals surface area contributed by atoms with E-state index in [0.717, 1.165) is 25.3 Å². The maximum atomic E-state index is 12.3. The van der Waals surface area contributed by atoms with Crippen molar-refractivity contribution in [3.63, 3.8) is 0 Å². The van der Waals surface area contributed by atoms with Crippen LogP contribution in [-0.2, 0) is 4.79 Å². The SMILES string of the molecule is CCN(CC)C(=O)c1ccc(NC(=O)CN2CCNC[C@@H]2C)cc1.Cl. The van der Waals surface area contributed by atoms with Gasteiger partial charge in [-0.3, -0.25) is 14.5 Å². The average molecular weight is 369 g/mol. The summed E-state index contributed by atoms with van der Waals surface area (Å²) in [4.78, 5) is 28.4. The minimum Gasteiger partial charge on any atom is -0.339 e. The van der Waals surface area contributed by atoms with E-state index in [2.05, 4.69) is 22.5 Å². The Bertz CT molecular complexity index is 561. The van der Waals surface area contributed by atoms with Crippen LogP contribution in [0.1, 0.15) is 31.1 Å². The lowest BCUT2D eigenvalue weighted by Crippen LogP contribution is -2.51. The first-order valence-corrected chi connectivity index (χ1v) is 8.69.